The summed E-state index contributed by atoms with van der Waals surface area (Å²) < 4.78 is 6.50. The van der Waals surface area contributed by atoms with Gasteiger partial charge < -0.3 is 15.0 Å². The Kier molecular flexibility index (Phi) is 7.12. The number of nitrogens with one attached hydrogen (secondary N) is 1. The van der Waals surface area contributed by atoms with Crippen molar-refractivity contribution in [3.8, 4) is 5.75 Å². The number of amides is 2. The highest BCUT2D eigenvalue weighted by Crippen LogP contribution is 2.34. The van der Waals surface area contributed by atoms with Crippen molar-refractivity contribution < 1.29 is 14.3 Å². The van der Waals surface area contributed by atoms with Gasteiger partial charge in [-0.2, -0.15) is 0 Å². The van der Waals surface area contributed by atoms with Crippen LogP contribution in [0.3, 0.4) is 0 Å². The third-order valence-electron chi connectivity index (χ3n) is 5.23. The molecule has 0 aliphatic carbocycles. The van der Waals surface area contributed by atoms with E-state index in [1.165, 1.54) is 0 Å². The minimum absolute atomic E-state index is 0.0828. The highest BCUT2D eigenvalue weighted by molar-refractivity contribution is 8.00. The van der Waals surface area contributed by atoms with Crippen molar-refractivity contribution in [2.75, 3.05) is 23.9 Å². The van der Waals surface area contributed by atoms with Gasteiger partial charge in [-0.1, -0.05) is 23.9 Å². The van der Waals surface area contributed by atoms with Crippen molar-refractivity contribution in [2.24, 2.45) is 0 Å². The van der Waals surface area contributed by atoms with Gasteiger partial charge in [0.2, 0.25) is 5.91 Å². The molecule has 0 atom stereocenters. The summed E-state index contributed by atoms with van der Waals surface area (Å²) in [6, 6.07) is 13.0. The highest BCUT2D eigenvalue weighted by atomic mass is 32.2. The maximum absolute atomic E-state index is 12.8. The second kappa shape index (κ2) is 10.2. The molecule has 0 bridgehead atoms. The largest absolute Gasteiger partial charge is 0.495 e. The molecule has 4 rings (SSSR count). The zero-order chi connectivity index (χ0) is 22.5. The molecule has 166 valence electrons. The molecule has 6 nitrogen and oxygen atoms in total. The molecular formula is C24H25N3O3S2. The topological polar surface area (TPSA) is 71.5 Å². The number of carbonyl (C=O) groups excluding carboxylic acids is 2. The molecule has 1 fully saturated rings. The van der Waals surface area contributed by atoms with E-state index < -0.39 is 0 Å². The summed E-state index contributed by atoms with van der Waals surface area (Å²) in [4.78, 5) is 31.4. The van der Waals surface area contributed by atoms with Gasteiger partial charge >= 0.3 is 0 Å². The number of nitrogens with zero attached hydrogens (tertiary/aromatic N) is 2. The number of piperidine rings is 1. The van der Waals surface area contributed by atoms with Crippen LogP contribution in [0.25, 0.3) is 0 Å². The van der Waals surface area contributed by atoms with E-state index in [1.54, 1.807) is 53.3 Å². The van der Waals surface area contributed by atoms with E-state index in [0.717, 1.165) is 34.2 Å². The lowest BCUT2D eigenvalue weighted by Crippen LogP contribution is -2.35. The second-order valence-electron chi connectivity index (χ2n) is 7.58. The molecule has 1 aromatic heterocycles. The minimum atomic E-state index is -0.194. The summed E-state index contributed by atoms with van der Waals surface area (Å²) in [5.74, 6) is 1.32. The number of anilines is 2. The molecule has 3 aromatic rings. The Morgan fingerprint density at radius 1 is 1.22 bits per heavy atom. The van der Waals surface area contributed by atoms with Gasteiger partial charge in [0.25, 0.3) is 5.91 Å². The van der Waals surface area contributed by atoms with Crippen LogP contribution in [-0.2, 0) is 10.5 Å². The monoisotopic (exact) mass is 467 g/mol. The molecule has 0 unspecified atom stereocenters. The summed E-state index contributed by atoms with van der Waals surface area (Å²) in [5, 5.41) is 4.98. The van der Waals surface area contributed by atoms with Crippen LogP contribution in [0.5, 0.6) is 5.75 Å². The lowest BCUT2D eigenvalue weighted by Gasteiger charge is -2.28. The number of hydrogen-bond donors (Lipinski definition) is 1. The number of hydrogen-bond acceptors (Lipinski definition) is 6. The van der Waals surface area contributed by atoms with Crippen molar-refractivity contribution in [3.05, 3.63) is 64.7 Å². The number of ether oxygens (including phenoxy) is 1. The van der Waals surface area contributed by atoms with Gasteiger partial charge in [-0.15, -0.1) is 11.3 Å². The van der Waals surface area contributed by atoms with E-state index in [4.69, 9.17) is 4.74 Å². The Labute approximate surface area is 196 Å². The van der Waals surface area contributed by atoms with Crippen LogP contribution < -0.4 is 15.0 Å². The summed E-state index contributed by atoms with van der Waals surface area (Å²) in [6.07, 6.45) is 2.40. The maximum Gasteiger partial charge on any atom is 0.255 e. The molecule has 2 heterocycles. The Balaban J connectivity index is 1.43. The Morgan fingerprint density at radius 3 is 2.72 bits per heavy atom. The number of carbonyl (C=O) groups is 2. The first kappa shape index (κ1) is 22.4. The molecule has 0 spiro atoms. The lowest BCUT2D eigenvalue weighted by atomic mass is 10.1. The Morgan fingerprint density at radius 2 is 2.03 bits per heavy atom. The van der Waals surface area contributed by atoms with Crippen LogP contribution >= 0.6 is 23.1 Å². The van der Waals surface area contributed by atoms with Gasteiger partial charge in [0.05, 0.1) is 12.8 Å². The number of benzene rings is 2. The van der Waals surface area contributed by atoms with E-state index in [-0.39, 0.29) is 11.8 Å². The number of thioether (sulfide) groups is 1. The Hall–Kier alpha value is -2.84. The number of aromatic nitrogens is 1. The molecule has 1 aliphatic rings. The molecule has 8 heteroatoms. The van der Waals surface area contributed by atoms with Gasteiger partial charge in [-0.3, -0.25) is 9.59 Å². The van der Waals surface area contributed by atoms with Crippen molar-refractivity contribution in [2.45, 2.75) is 36.3 Å². The second-order valence-corrected chi connectivity index (χ2v) is 9.66. The van der Waals surface area contributed by atoms with Crippen LogP contribution in [0.1, 0.15) is 40.9 Å². The third-order valence-corrected chi connectivity index (χ3v) is 7.44. The number of methoxy groups -OCH3 is 1. The smallest absolute Gasteiger partial charge is 0.255 e. The van der Waals surface area contributed by atoms with Crippen molar-refractivity contribution in [3.63, 3.8) is 0 Å². The summed E-state index contributed by atoms with van der Waals surface area (Å²) in [7, 11) is 1.58. The van der Waals surface area contributed by atoms with Gasteiger partial charge in [0, 0.05) is 41.0 Å². The van der Waals surface area contributed by atoms with E-state index in [1.807, 2.05) is 36.6 Å². The van der Waals surface area contributed by atoms with Crippen molar-refractivity contribution in [1.82, 2.24) is 4.98 Å². The number of aryl methyl sites for hydroxylation is 1. The fourth-order valence-corrected chi connectivity index (χ4v) is 5.34. The van der Waals surface area contributed by atoms with Crippen LogP contribution in [0.4, 0.5) is 11.4 Å². The molecule has 0 radical (unpaired) electrons. The number of rotatable bonds is 7. The predicted octanol–water partition coefficient (Wildman–Crippen LogP) is 5.52. The van der Waals surface area contributed by atoms with Crippen molar-refractivity contribution in [1.29, 1.82) is 0 Å². The van der Waals surface area contributed by atoms with E-state index in [9.17, 15) is 9.59 Å². The van der Waals surface area contributed by atoms with E-state index >= 15 is 0 Å². The van der Waals surface area contributed by atoms with E-state index in [2.05, 4.69) is 10.3 Å². The first-order valence-corrected chi connectivity index (χ1v) is 12.3. The standard InChI is InChI=1S/C24H25N3O3S2/c1-16-14-31-24(25-16)32-15-17-6-8-18(9-7-17)23(29)26-19-10-11-21(30-2)20(13-19)27-12-4-3-5-22(27)28/h6-11,13-14H,3-5,12,15H2,1-2H3,(H,26,29). The molecule has 32 heavy (non-hydrogen) atoms. The summed E-state index contributed by atoms with van der Waals surface area (Å²) >= 11 is 3.34. The average Bonchev–Trinajstić information content (AvgIpc) is 3.23. The average molecular weight is 468 g/mol. The first-order valence-electron chi connectivity index (χ1n) is 10.5. The number of thiazole rings is 1. The quantitative estimate of drug-likeness (QED) is 0.463. The fraction of sp³-hybridized carbons (Fsp3) is 0.292. The van der Waals surface area contributed by atoms with Gasteiger partial charge in [-0.05, 0) is 55.7 Å². The molecule has 1 N–H and O–H groups in total. The molecular weight excluding hydrogens is 442 g/mol. The molecule has 1 saturated heterocycles. The van der Waals surface area contributed by atoms with Crippen LogP contribution in [0, 0.1) is 6.92 Å². The molecule has 2 aromatic carbocycles. The summed E-state index contributed by atoms with van der Waals surface area (Å²) in [5.41, 5.74) is 4.07. The van der Waals surface area contributed by atoms with E-state index in [0.29, 0.717) is 35.7 Å². The highest BCUT2D eigenvalue weighted by Gasteiger charge is 2.23. The zero-order valence-corrected chi connectivity index (χ0v) is 19.7. The third kappa shape index (κ3) is 5.31. The molecule has 0 saturated carbocycles. The lowest BCUT2D eigenvalue weighted by molar-refractivity contribution is -0.119. The van der Waals surface area contributed by atoms with Crippen LogP contribution in [-0.4, -0.2) is 30.5 Å². The first-order chi connectivity index (χ1) is 15.5. The SMILES string of the molecule is COc1ccc(NC(=O)c2ccc(CSc3nc(C)cs3)cc2)cc1N1CCCCC1=O. The summed E-state index contributed by atoms with van der Waals surface area (Å²) in [6.45, 7) is 2.65. The van der Waals surface area contributed by atoms with Gasteiger partial charge in [0.1, 0.15) is 10.1 Å². The minimum Gasteiger partial charge on any atom is -0.495 e. The van der Waals surface area contributed by atoms with Gasteiger partial charge in [-0.25, -0.2) is 4.98 Å². The fourth-order valence-electron chi connectivity index (χ4n) is 3.54. The van der Waals surface area contributed by atoms with Gasteiger partial charge in [0.15, 0.2) is 0 Å². The van der Waals surface area contributed by atoms with Crippen LogP contribution in [0.2, 0.25) is 0 Å². The molecule has 2 amide bonds. The zero-order valence-electron chi connectivity index (χ0n) is 18.1. The van der Waals surface area contributed by atoms with Crippen LogP contribution in [0.15, 0.2) is 52.2 Å². The Bertz CT molecular complexity index is 1110. The maximum atomic E-state index is 12.8. The predicted molar refractivity (Wildman–Crippen MR) is 130 cm³/mol. The molecule has 1 aliphatic heterocycles. The van der Waals surface area contributed by atoms with Crippen molar-refractivity contribution >= 4 is 46.3 Å². The normalized spacial score (nSPS) is 13.8.